The minimum atomic E-state index is -0.496. The quantitative estimate of drug-likeness (QED) is 0.131. The molecule has 0 unspecified atom stereocenters. The van der Waals surface area contributed by atoms with E-state index in [1.165, 1.54) is 19.3 Å². The Labute approximate surface area is 201 Å². The van der Waals surface area contributed by atoms with Gasteiger partial charge in [0.25, 0.3) is 0 Å². The number of aliphatic hydroxyl groups excluding tert-OH is 2. The first-order valence-electron chi connectivity index (χ1n) is 12.9. The van der Waals surface area contributed by atoms with Crippen LogP contribution in [0, 0.1) is 0 Å². The Balaban J connectivity index is 1.94. The molecule has 5 heteroatoms. The predicted octanol–water partition coefficient (Wildman–Crippen LogP) is 6.12. The van der Waals surface area contributed by atoms with E-state index in [9.17, 15) is 15.0 Å². The van der Waals surface area contributed by atoms with Gasteiger partial charge in [-0.05, 0) is 37.7 Å². The fraction of sp³-hybridized carbons (Fsp3) is 0.679. The number of allylic oxidation sites excluding steroid dienone is 1. The van der Waals surface area contributed by atoms with Gasteiger partial charge in [0.1, 0.15) is 12.7 Å². The van der Waals surface area contributed by atoms with Crippen LogP contribution in [0.4, 0.5) is 0 Å². The number of benzene rings is 1. The number of carbonyl (C=O) groups is 1. The minimum absolute atomic E-state index is 0.0853. The second-order valence-electron chi connectivity index (χ2n) is 8.80. The number of hydrogen-bond donors (Lipinski definition) is 2. The molecule has 0 saturated carbocycles. The molecule has 2 atom stereocenters. The van der Waals surface area contributed by atoms with Crippen molar-refractivity contribution >= 4 is 5.97 Å². The summed E-state index contributed by atoms with van der Waals surface area (Å²) in [6, 6.07) is 9.73. The molecule has 0 aromatic heterocycles. The summed E-state index contributed by atoms with van der Waals surface area (Å²) >= 11 is 0. The van der Waals surface area contributed by atoms with Gasteiger partial charge in [0.2, 0.25) is 0 Å². The summed E-state index contributed by atoms with van der Waals surface area (Å²) in [5.74, 6) is -0.229. The van der Waals surface area contributed by atoms with Crippen LogP contribution in [-0.4, -0.2) is 41.6 Å². The van der Waals surface area contributed by atoms with Gasteiger partial charge in [0.15, 0.2) is 0 Å². The van der Waals surface area contributed by atoms with Gasteiger partial charge in [-0.15, -0.1) is 0 Å². The first kappa shape index (κ1) is 29.3. The highest BCUT2D eigenvalue weighted by Gasteiger charge is 2.12. The monoisotopic (exact) mass is 462 g/mol. The van der Waals surface area contributed by atoms with E-state index in [2.05, 4.69) is 19.1 Å². The van der Waals surface area contributed by atoms with Crippen molar-refractivity contribution in [1.82, 2.24) is 0 Å². The van der Waals surface area contributed by atoms with Crippen LogP contribution in [0.15, 0.2) is 42.5 Å². The lowest BCUT2D eigenvalue weighted by molar-refractivity contribution is -0.149. The highest BCUT2D eigenvalue weighted by molar-refractivity contribution is 5.69. The third-order valence-electron chi connectivity index (χ3n) is 5.68. The smallest absolute Gasteiger partial charge is 0.305 e. The molecule has 0 aliphatic heterocycles. The van der Waals surface area contributed by atoms with Crippen LogP contribution in [0.2, 0.25) is 0 Å². The number of esters is 1. The number of aliphatic hydroxyl groups is 2. The standard InChI is InChI=1S/C28H46O5/c1-2-3-4-14-19-26(30)20-15-9-7-5-6-8-10-16-21-28(31)33-24-27(22-29)32-23-25-17-12-11-13-18-25/h9,11-13,15,17-18,26-27,29-30H,2-8,10,14,16,19-24H2,1H3/b15-9-/t26-,27+/m1/s1. The van der Waals surface area contributed by atoms with Crippen molar-refractivity contribution in [3.8, 4) is 0 Å². The molecule has 1 rings (SSSR count). The molecular formula is C28H46O5. The molecule has 5 nitrogen and oxygen atoms in total. The SMILES string of the molecule is CCCCCC[C@@H](O)C/C=C\CCCCCCCC(=O)OC[C@H](CO)OCc1ccccc1. The van der Waals surface area contributed by atoms with Gasteiger partial charge in [-0.3, -0.25) is 4.79 Å². The summed E-state index contributed by atoms with van der Waals surface area (Å²) < 4.78 is 10.9. The van der Waals surface area contributed by atoms with Crippen LogP contribution in [0.25, 0.3) is 0 Å². The topological polar surface area (TPSA) is 76.0 Å². The third-order valence-corrected chi connectivity index (χ3v) is 5.68. The number of unbranched alkanes of at least 4 members (excludes halogenated alkanes) is 8. The maximum atomic E-state index is 11.9. The summed E-state index contributed by atoms with van der Waals surface area (Å²) in [5, 5.41) is 19.4. The predicted molar refractivity (Wildman–Crippen MR) is 134 cm³/mol. The molecule has 0 heterocycles. The normalized spacial score (nSPS) is 13.3. The molecule has 0 amide bonds. The largest absolute Gasteiger partial charge is 0.463 e. The van der Waals surface area contributed by atoms with Crippen LogP contribution >= 0.6 is 0 Å². The maximum absolute atomic E-state index is 11.9. The molecule has 33 heavy (non-hydrogen) atoms. The summed E-state index contributed by atoms with van der Waals surface area (Å²) in [7, 11) is 0. The van der Waals surface area contributed by atoms with Gasteiger partial charge in [0, 0.05) is 6.42 Å². The molecule has 0 saturated heterocycles. The maximum Gasteiger partial charge on any atom is 0.305 e. The number of rotatable bonds is 21. The zero-order chi connectivity index (χ0) is 24.0. The van der Waals surface area contributed by atoms with Crippen molar-refractivity contribution in [3.05, 3.63) is 48.0 Å². The summed E-state index contributed by atoms with van der Waals surface area (Å²) in [4.78, 5) is 11.9. The molecule has 2 N–H and O–H groups in total. The van der Waals surface area contributed by atoms with E-state index in [0.29, 0.717) is 13.0 Å². The summed E-state index contributed by atoms with van der Waals surface area (Å²) in [5.41, 5.74) is 1.02. The summed E-state index contributed by atoms with van der Waals surface area (Å²) in [6.07, 6.45) is 16.8. The lowest BCUT2D eigenvalue weighted by Crippen LogP contribution is -2.25. The highest BCUT2D eigenvalue weighted by Crippen LogP contribution is 2.11. The van der Waals surface area contributed by atoms with Crippen molar-refractivity contribution in [2.24, 2.45) is 0 Å². The molecule has 0 fully saturated rings. The highest BCUT2D eigenvalue weighted by atomic mass is 16.6. The van der Waals surface area contributed by atoms with Crippen LogP contribution in [0.3, 0.4) is 0 Å². The molecular weight excluding hydrogens is 416 g/mol. The van der Waals surface area contributed by atoms with E-state index in [1.807, 2.05) is 30.3 Å². The Hall–Kier alpha value is -1.69. The lowest BCUT2D eigenvalue weighted by Gasteiger charge is -2.15. The van der Waals surface area contributed by atoms with E-state index < -0.39 is 6.10 Å². The van der Waals surface area contributed by atoms with Crippen molar-refractivity contribution in [2.45, 2.75) is 109 Å². The van der Waals surface area contributed by atoms with Crippen LogP contribution < -0.4 is 0 Å². The number of ether oxygens (including phenoxy) is 2. The molecule has 0 bridgehead atoms. The van der Waals surface area contributed by atoms with Gasteiger partial charge in [0.05, 0.1) is 19.3 Å². The van der Waals surface area contributed by atoms with Crippen molar-refractivity contribution in [2.75, 3.05) is 13.2 Å². The second-order valence-corrected chi connectivity index (χ2v) is 8.80. The first-order valence-corrected chi connectivity index (χ1v) is 12.9. The molecule has 1 aromatic rings. The average Bonchev–Trinajstić information content (AvgIpc) is 2.83. The van der Waals surface area contributed by atoms with Gasteiger partial charge < -0.3 is 19.7 Å². The molecule has 0 spiro atoms. The van der Waals surface area contributed by atoms with Crippen LogP contribution in [-0.2, 0) is 20.9 Å². The number of carbonyl (C=O) groups excluding carboxylic acids is 1. The van der Waals surface area contributed by atoms with E-state index in [1.54, 1.807) is 0 Å². The number of hydrogen-bond acceptors (Lipinski definition) is 5. The third kappa shape index (κ3) is 17.5. The van der Waals surface area contributed by atoms with Crippen LogP contribution in [0.1, 0.15) is 96.0 Å². The van der Waals surface area contributed by atoms with E-state index in [4.69, 9.17) is 9.47 Å². The Kier molecular flexibility index (Phi) is 18.6. The van der Waals surface area contributed by atoms with Gasteiger partial charge in [-0.1, -0.05) is 94.4 Å². The lowest BCUT2D eigenvalue weighted by atomic mass is 10.1. The van der Waals surface area contributed by atoms with Crippen molar-refractivity contribution in [1.29, 1.82) is 0 Å². The Morgan fingerprint density at radius 2 is 1.70 bits per heavy atom. The first-order chi connectivity index (χ1) is 16.2. The summed E-state index contributed by atoms with van der Waals surface area (Å²) in [6.45, 7) is 2.50. The Morgan fingerprint density at radius 3 is 2.45 bits per heavy atom. The fourth-order valence-corrected chi connectivity index (χ4v) is 3.56. The van der Waals surface area contributed by atoms with Crippen LogP contribution in [0.5, 0.6) is 0 Å². The fourth-order valence-electron chi connectivity index (χ4n) is 3.56. The average molecular weight is 463 g/mol. The molecule has 0 aliphatic carbocycles. The Morgan fingerprint density at radius 1 is 0.970 bits per heavy atom. The van der Waals surface area contributed by atoms with E-state index >= 15 is 0 Å². The van der Waals surface area contributed by atoms with E-state index in [-0.39, 0.29) is 25.3 Å². The molecule has 0 radical (unpaired) electrons. The molecule has 188 valence electrons. The van der Waals surface area contributed by atoms with Gasteiger partial charge >= 0.3 is 5.97 Å². The molecule has 1 aromatic carbocycles. The Bertz CT molecular complexity index is 602. The van der Waals surface area contributed by atoms with Crippen molar-refractivity contribution in [3.63, 3.8) is 0 Å². The van der Waals surface area contributed by atoms with E-state index in [0.717, 1.165) is 63.4 Å². The molecule has 0 aliphatic rings. The van der Waals surface area contributed by atoms with Crippen molar-refractivity contribution < 1.29 is 24.5 Å². The van der Waals surface area contributed by atoms with Gasteiger partial charge in [-0.2, -0.15) is 0 Å². The minimum Gasteiger partial charge on any atom is -0.463 e. The second kappa shape index (κ2) is 20.9. The zero-order valence-electron chi connectivity index (χ0n) is 20.6. The van der Waals surface area contributed by atoms with Gasteiger partial charge in [-0.25, -0.2) is 0 Å². The zero-order valence-corrected chi connectivity index (χ0v) is 20.6.